The van der Waals surface area contributed by atoms with Crippen molar-refractivity contribution in [1.29, 1.82) is 0 Å². The van der Waals surface area contributed by atoms with E-state index in [4.69, 9.17) is 0 Å². The van der Waals surface area contributed by atoms with E-state index in [9.17, 15) is 4.79 Å². The first-order valence-electron chi connectivity index (χ1n) is 6.49. The molecule has 1 aliphatic carbocycles. The molecule has 1 amide bonds. The highest BCUT2D eigenvalue weighted by atomic mass is 16.2. The van der Waals surface area contributed by atoms with E-state index in [0.29, 0.717) is 17.7 Å². The van der Waals surface area contributed by atoms with E-state index in [1.165, 1.54) is 0 Å². The van der Waals surface area contributed by atoms with E-state index in [1.54, 1.807) is 0 Å². The van der Waals surface area contributed by atoms with E-state index < -0.39 is 0 Å². The van der Waals surface area contributed by atoms with Crippen LogP contribution < -0.4 is 5.32 Å². The third-order valence-corrected chi connectivity index (χ3v) is 4.33. The summed E-state index contributed by atoms with van der Waals surface area (Å²) in [7, 11) is 0. The van der Waals surface area contributed by atoms with Gasteiger partial charge in [-0.2, -0.15) is 0 Å². The highest BCUT2D eigenvalue weighted by Crippen LogP contribution is 2.39. The third-order valence-electron chi connectivity index (χ3n) is 4.33. The largest absolute Gasteiger partial charge is 0.340 e. The second-order valence-electron chi connectivity index (χ2n) is 5.49. The lowest BCUT2D eigenvalue weighted by atomic mass is 10.1. The first kappa shape index (κ1) is 10.5. The number of hydrogen-bond acceptors (Lipinski definition) is 3. The lowest BCUT2D eigenvalue weighted by molar-refractivity contribution is -0.135. The van der Waals surface area contributed by atoms with Crippen molar-refractivity contribution in [3.05, 3.63) is 0 Å². The van der Waals surface area contributed by atoms with E-state index >= 15 is 0 Å². The molecule has 2 heterocycles. The van der Waals surface area contributed by atoms with Gasteiger partial charge in [-0.15, -0.1) is 0 Å². The van der Waals surface area contributed by atoms with Crippen LogP contribution in [0.4, 0.5) is 0 Å². The molecule has 16 heavy (non-hydrogen) atoms. The number of nitrogens with one attached hydrogen (secondary N) is 1. The van der Waals surface area contributed by atoms with Gasteiger partial charge in [0.1, 0.15) is 0 Å². The lowest BCUT2D eigenvalue weighted by Gasteiger charge is -2.43. The number of piperazine rings is 1. The summed E-state index contributed by atoms with van der Waals surface area (Å²) in [6, 6.07) is 0.733. The molecule has 0 aromatic heterocycles. The van der Waals surface area contributed by atoms with Crippen molar-refractivity contribution < 1.29 is 4.79 Å². The number of nitrogens with zero attached hydrogens (tertiary/aromatic N) is 2. The fourth-order valence-corrected chi connectivity index (χ4v) is 2.74. The van der Waals surface area contributed by atoms with Gasteiger partial charge in [0.15, 0.2) is 0 Å². The molecule has 90 valence electrons. The molecular formula is C12H21N3O. The van der Waals surface area contributed by atoms with E-state index in [0.717, 1.165) is 51.7 Å². The highest BCUT2D eigenvalue weighted by Gasteiger charge is 2.42. The monoisotopic (exact) mass is 223 g/mol. The first-order chi connectivity index (χ1) is 7.75. The molecule has 2 aliphatic heterocycles. The zero-order chi connectivity index (χ0) is 11.1. The van der Waals surface area contributed by atoms with E-state index in [1.807, 2.05) is 0 Å². The molecule has 3 aliphatic rings. The normalized spacial score (nSPS) is 35.9. The molecule has 0 aromatic carbocycles. The summed E-state index contributed by atoms with van der Waals surface area (Å²) in [4.78, 5) is 16.6. The average molecular weight is 223 g/mol. The van der Waals surface area contributed by atoms with Crippen molar-refractivity contribution in [3.63, 3.8) is 0 Å². The standard InChI is InChI=1S/C12H21N3O/c1-9-6-11(9)12(16)15-4-2-14(3-5-15)10-7-13-8-10/h9-11,13H,2-8H2,1H3. The van der Waals surface area contributed by atoms with Gasteiger partial charge < -0.3 is 10.2 Å². The van der Waals surface area contributed by atoms with Crippen molar-refractivity contribution in [2.45, 2.75) is 19.4 Å². The van der Waals surface area contributed by atoms with Crippen LogP contribution in [-0.4, -0.2) is 61.0 Å². The van der Waals surface area contributed by atoms with Gasteiger partial charge in [-0.05, 0) is 12.3 Å². The molecule has 1 saturated carbocycles. The molecule has 1 N–H and O–H groups in total. The zero-order valence-electron chi connectivity index (χ0n) is 9.98. The zero-order valence-corrected chi connectivity index (χ0v) is 9.98. The minimum absolute atomic E-state index is 0.358. The maximum absolute atomic E-state index is 12.0. The molecule has 0 aromatic rings. The Morgan fingerprint density at radius 1 is 1.19 bits per heavy atom. The number of rotatable bonds is 2. The van der Waals surface area contributed by atoms with Crippen LogP contribution in [0.25, 0.3) is 0 Å². The van der Waals surface area contributed by atoms with Crippen LogP contribution >= 0.6 is 0 Å². The van der Waals surface area contributed by atoms with E-state index in [-0.39, 0.29) is 0 Å². The maximum Gasteiger partial charge on any atom is 0.226 e. The molecule has 4 nitrogen and oxygen atoms in total. The summed E-state index contributed by atoms with van der Waals surface area (Å²) < 4.78 is 0. The average Bonchev–Trinajstić information content (AvgIpc) is 2.93. The van der Waals surface area contributed by atoms with Crippen molar-refractivity contribution in [3.8, 4) is 0 Å². The van der Waals surface area contributed by atoms with Gasteiger partial charge in [-0.25, -0.2) is 0 Å². The Balaban J connectivity index is 1.48. The summed E-state index contributed by atoms with van der Waals surface area (Å²) in [5.74, 6) is 1.41. The number of hydrogen-bond donors (Lipinski definition) is 1. The van der Waals surface area contributed by atoms with Gasteiger partial charge in [0.2, 0.25) is 5.91 Å². The van der Waals surface area contributed by atoms with Crippen molar-refractivity contribution >= 4 is 5.91 Å². The van der Waals surface area contributed by atoms with Crippen LogP contribution in [0.1, 0.15) is 13.3 Å². The van der Waals surface area contributed by atoms with Gasteiger partial charge in [0.25, 0.3) is 0 Å². The predicted molar refractivity (Wildman–Crippen MR) is 62.1 cm³/mol. The second kappa shape index (κ2) is 4.00. The Bertz CT molecular complexity index is 282. The molecule has 0 radical (unpaired) electrons. The maximum atomic E-state index is 12.0. The molecule has 0 bridgehead atoms. The van der Waals surface area contributed by atoms with Gasteiger partial charge in [0, 0.05) is 51.2 Å². The molecule has 2 unspecified atom stereocenters. The molecule has 4 heteroatoms. The fraction of sp³-hybridized carbons (Fsp3) is 0.917. The van der Waals surface area contributed by atoms with Crippen LogP contribution in [-0.2, 0) is 4.79 Å². The molecule has 3 rings (SSSR count). The number of amides is 1. The first-order valence-corrected chi connectivity index (χ1v) is 6.49. The molecule has 2 saturated heterocycles. The minimum Gasteiger partial charge on any atom is -0.340 e. The Morgan fingerprint density at radius 2 is 1.81 bits per heavy atom. The van der Waals surface area contributed by atoms with Gasteiger partial charge >= 0.3 is 0 Å². The molecule has 0 spiro atoms. The Hall–Kier alpha value is -0.610. The smallest absolute Gasteiger partial charge is 0.226 e. The van der Waals surface area contributed by atoms with Crippen LogP contribution in [0.5, 0.6) is 0 Å². The summed E-state index contributed by atoms with van der Waals surface area (Å²) in [5.41, 5.74) is 0. The topological polar surface area (TPSA) is 35.6 Å². The Morgan fingerprint density at radius 3 is 2.25 bits per heavy atom. The highest BCUT2D eigenvalue weighted by molar-refractivity contribution is 5.81. The fourth-order valence-electron chi connectivity index (χ4n) is 2.74. The van der Waals surface area contributed by atoms with Gasteiger partial charge in [0.05, 0.1) is 0 Å². The summed E-state index contributed by atoms with van der Waals surface area (Å²) >= 11 is 0. The SMILES string of the molecule is CC1CC1C(=O)N1CCN(C2CNC2)CC1. The van der Waals surface area contributed by atoms with Crippen molar-refractivity contribution in [2.75, 3.05) is 39.3 Å². The molecule has 2 atom stereocenters. The second-order valence-corrected chi connectivity index (χ2v) is 5.49. The summed E-state index contributed by atoms with van der Waals surface area (Å²) in [5, 5.41) is 3.30. The van der Waals surface area contributed by atoms with Crippen molar-refractivity contribution in [2.24, 2.45) is 11.8 Å². The minimum atomic E-state index is 0.358. The Labute approximate surface area is 97.0 Å². The van der Waals surface area contributed by atoms with Gasteiger partial charge in [-0.1, -0.05) is 6.92 Å². The van der Waals surface area contributed by atoms with E-state index in [2.05, 4.69) is 22.0 Å². The quantitative estimate of drug-likeness (QED) is 0.702. The van der Waals surface area contributed by atoms with Gasteiger partial charge in [-0.3, -0.25) is 9.69 Å². The van der Waals surface area contributed by atoms with Crippen molar-refractivity contribution in [1.82, 2.24) is 15.1 Å². The predicted octanol–water partition coefficient (Wildman–Crippen LogP) is -0.242. The molecular weight excluding hydrogens is 202 g/mol. The number of carbonyl (C=O) groups excluding carboxylic acids is 1. The number of carbonyl (C=O) groups is 1. The van der Waals surface area contributed by atoms with Crippen LogP contribution in [0.2, 0.25) is 0 Å². The van der Waals surface area contributed by atoms with Crippen LogP contribution in [0, 0.1) is 11.8 Å². The Kier molecular flexibility index (Phi) is 2.64. The van der Waals surface area contributed by atoms with Crippen LogP contribution in [0.15, 0.2) is 0 Å². The summed E-state index contributed by atoms with van der Waals surface area (Å²) in [6.45, 7) is 8.47. The molecule has 3 fully saturated rings. The third kappa shape index (κ3) is 1.84. The summed E-state index contributed by atoms with van der Waals surface area (Å²) in [6.07, 6.45) is 1.12. The van der Waals surface area contributed by atoms with Crippen LogP contribution in [0.3, 0.4) is 0 Å². The lowest BCUT2D eigenvalue weighted by Crippen LogP contribution is -2.62.